The Labute approximate surface area is 634 Å². The van der Waals surface area contributed by atoms with Crippen LogP contribution in [0.15, 0.2) is 382 Å². The van der Waals surface area contributed by atoms with Crippen molar-refractivity contribution in [2.24, 2.45) is 0 Å². The van der Waals surface area contributed by atoms with Gasteiger partial charge in [0.05, 0.1) is 0 Å². The van der Waals surface area contributed by atoms with E-state index in [2.05, 4.69) is 412 Å². The topological polar surface area (TPSA) is 19.4 Å². The summed E-state index contributed by atoms with van der Waals surface area (Å²) in [5.74, 6) is 0. The number of fused-ring (bicyclic) bond motifs is 16. The maximum atomic E-state index is 5.75. The zero-order valence-corrected chi connectivity index (χ0v) is 59.4. The van der Waals surface area contributed by atoms with Crippen LogP contribution in [0.2, 0.25) is 0 Å². The maximum absolute atomic E-state index is 5.75. The van der Waals surface area contributed by atoms with Crippen molar-refractivity contribution in [3.63, 3.8) is 0 Å². The van der Waals surface area contributed by atoms with E-state index in [1.165, 1.54) is 163 Å². The van der Waals surface area contributed by atoms with Crippen LogP contribution in [0.25, 0.3) is 0 Å². The first-order valence-corrected chi connectivity index (χ1v) is 37.5. The number of hydrogen-bond acceptors (Lipinski definition) is 6. The lowest BCUT2D eigenvalue weighted by atomic mass is 9.27. The average Bonchev–Trinajstić information content (AvgIpc) is 0.660. The van der Waals surface area contributed by atoms with Gasteiger partial charge in [0.2, 0.25) is 26.9 Å². The standard InChI is InChI=1S/C48H30B3N3.C48H33B2N3.CH4/c1-4-15-31(16-5-1)49-34-21-10-12-23-38(34)53-40-25-14-26-41-44(40)51-45-42(29-27-36(49)47(45)53)52(33-19-8-3-9-20-33)43-30-28-37-48(46(43)51)54(41)39-24-13-11-22-35(39)50(37)32-17-6-2-7-18-32;1-4-15-34(16-5-1)49-41-23-10-12-25-45(41)52-37-21-14-22-38(31-37)53-46-26-13-11-24-42(46)50(35-17-6-2-7-18-35)44-30-28-40(33-48(44)53)51(36-19-8-3-9-20-36)39-27-29-43(49)47(52)32-39;/h1-30H;1-33H;1H4/i;;1T. The summed E-state index contributed by atoms with van der Waals surface area (Å²) in [5.41, 5.74) is 41.9. The van der Waals surface area contributed by atoms with Gasteiger partial charge in [-0.15, -0.1) is 0 Å². The molecule has 0 saturated heterocycles. The predicted octanol–water partition coefficient (Wildman–Crippen LogP) is 13.9. The molecule has 108 heavy (non-hydrogen) atoms. The van der Waals surface area contributed by atoms with Crippen LogP contribution in [0.1, 0.15) is 8.77 Å². The van der Waals surface area contributed by atoms with Crippen molar-refractivity contribution in [2.75, 3.05) is 29.4 Å². The number of benzene rings is 16. The molecule has 24 rings (SSSR count). The van der Waals surface area contributed by atoms with Gasteiger partial charge in [0.25, 0.3) is 6.71 Å². The van der Waals surface area contributed by atoms with Gasteiger partial charge in [0.15, 0.2) is 0 Å². The van der Waals surface area contributed by atoms with Gasteiger partial charge in [0, 0.05) is 104 Å². The van der Waals surface area contributed by atoms with Gasteiger partial charge in [-0.05, 0) is 175 Å². The van der Waals surface area contributed by atoms with Crippen LogP contribution in [-0.2, 0) is 0 Å². The summed E-state index contributed by atoms with van der Waals surface area (Å²) < 4.78 is 5.75. The highest BCUT2D eigenvalue weighted by molar-refractivity contribution is 7.07. The lowest BCUT2D eigenvalue weighted by molar-refractivity contribution is 1.22. The van der Waals surface area contributed by atoms with Crippen LogP contribution in [0, 0.1) is 0 Å². The van der Waals surface area contributed by atoms with Crippen molar-refractivity contribution in [1.82, 2.24) is 0 Å². The molecule has 0 unspecified atom stereocenters. The molecule has 0 radical (unpaired) electrons. The van der Waals surface area contributed by atoms with Gasteiger partial charge in [-0.2, -0.15) is 0 Å². The molecule has 16 aromatic carbocycles. The number of para-hydroxylation sites is 6. The van der Waals surface area contributed by atoms with E-state index < -0.39 is 0 Å². The van der Waals surface area contributed by atoms with E-state index in [0.717, 1.165) is 28.4 Å². The van der Waals surface area contributed by atoms with Crippen molar-refractivity contribution in [2.45, 2.75) is 7.40 Å². The number of hydrogen-bond donors (Lipinski definition) is 0. The van der Waals surface area contributed by atoms with Gasteiger partial charge in [-0.25, -0.2) is 0 Å². The molecule has 0 spiro atoms. The van der Waals surface area contributed by atoms with E-state index in [1.54, 1.807) is 0 Å². The molecule has 8 aliphatic heterocycles. The van der Waals surface area contributed by atoms with Gasteiger partial charge in [-0.3, -0.25) is 0 Å². The van der Waals surface area contributed by atoms with E-state index in [9.17, 15) is 0 Å². The third-order valence-corrected chi connectivity index (χ3v) is 23.9. The Hall–Kier alpha value is -13.4. The summed E-state index contributed by atoms with van der Waals surface area (Å²) in [6.45, 7) is 0.512. The zero-order chi connectivity index (χ0) is 72.0. The number of rotatable bonds is 6. The molecule has 8 heterocycles. The SMILES string of the molecule is [3H]C.c1ccc(B2c3ccccc3N3c4cccc(c4)N4c5ccccc5B(c5ccccc5)c5ccc(cc54)N(c4ccccc4)c4ccc2c3c4)cc1.c1ccc(B2c3ccccc3N3c4cccc5c4B4c6c(ccc2c63)N(c2ccccc2)c2ccc3c(c24)N5c2ccccc2B3c2ccccc2)cc1. The number of anilines is 18. The van der Waals surface area contributed by atoms with Crippen LogP contribution in [-0.4, -0.2) is 33.6 Å². The van der Waals surface area contributed by atoms with Gasteiger partial charge in [-0.1, -0.05) is 296 Å². The third kappa shape index (κ3) is 8.96. The summed E-state index contributed by atoms with van der Waals surface area (Å²) in [5, 5.41) is 0. The molecule has 0 saturated carbocycles. The third-order valence-electron chi connectivity index (χ3n) is 23.9. The lowest BCUT2D eigenvalue weighted by Gasteiger charge is -2.53. The summed E-state index contributed by atoms with van der Waals surface area (Å²) in [6, 6.07) is 142. The summed E-state index contributed by atoms with van der Waals surface area (Å²) in [4.78, 5) is 15.2. The molecule has 6 nitrogen and oxygen atoms in total. The summed E-state index contributed by atoms with van der Waals surface area (Å²) in [6.07, 6.45) is 0. The highest BCUT2D eigenvalue weighted by Gasteiger charge is 2.54. The quantitative estimate of drug-likeness (QED) is 0.153. The van der Waals surface area contributed by atoms with E-state index in [0.29, 0.717) is 0 Å². The minimum atomic E-state index is 0.0712. The Morgan fingerprint density at radius 2 is 0.426 bits per heavy atom. The minimum absolute atomic E-state index is 0.0712. The second kappa shape index (κ2) is 24.4. The molecule has 16 aromatic rings. The van der Waals surface area contributed by atoms with Crippen molar-refractivity contribution >= 4 is 218 Å². The Bertz CT molecular complexity index is 5980. The Morgan fingerprint density at radius 3 is 0.815 bits per heavy atom. The largest absolute Gasteiger partial charge is 0.312 e. The van der Waals surface area contributed by atoms with Crippen molar-refractivity contribution in [3.8, 4) is 0 Å². The summed E-state index contributed by atoms with van der Waals surface area (Å²) >= 11 is 0. The Morgan fingerprint density at radius 1 is 0.167 bits per heavy atom. The van der Waals surface area contributed by atoms with Crippen molar-refractivity contribution in [1.29, 1.82) is 0 Å². The first-order chi connectivity index (χ1) is 54.2. The predicted molar refractivity (Wildman–Crippen MR) is 464 cm³/mol. The first-order valence-electron chi connectivity index (χ1n) is 38.5. The molecule has 0 aliphatic carbocycles. The highest BCUT2D eigenvalue weighted by atomic mass is 15.2. The summed E-state index contributed by atoms with van der Waals surface area (Å²) in [7, 11) is 1.25. The fourth-order valence-electron chi connectivity index (χ4n) is 19.8. The molecule has 0 atom stereocenters. The molecule has 0 N–H and O–H groups in total. The van der Waals surface area contributed by atoms with Gasteiger partial charge < -0.3 is 29.4 Å². The molecule has 11 heteroatoms. The molecule has 0 aromatic heterocycles. The number of nitrogens with zero attached hydrogens (tertiary/aromatic N) is 6. The smallest absolute Gasteiger partial charge is 0.257 e. The Kier molecular flexibility index (Phi) is 13.8. The van der Waals surface area contributed by atoms with E-state index in [4.69, 9.17) is 1.37 Å². The van der Waals surface area contributed by atoms with Gasteiger partial charge in [0.1, 0.15) is 0 Å². The molecular weight excluding hydrogens is 1300 g/mol. The normalized spacial score (nSPS) is 13.9. The van der Waals surface area contributed by atoms with E-state index >= 15 is 0 Å². The molecule has 8 aliphatic rings. The van der Waals surface area contributed by atoms with Crippen LogP contribution in [0.4, 0.5) is 102 Å². The second-order valence-corrected chi connectivity index (χ2v) is 29.3. The van der Waals surface area contributed by atoms with Crippen LogP contribution >= 0.6 is 0 Å². The van der Waals surface area contributed by atoms with Crippen LogP contribution < -0.4 is 111 Å². The first kappa shape index (κ1) is 61.0. The lowest BCUT2D eigenvalue weighted by Crippen LogP contribution is -2.71. The Balaban J connectivity index is 0.000000132. The van der Waals surface area contributed by atoms with E-state index in [1.807, 2.05) is 0 Å². The van der Waals surface area contributed by atoms with Gasteiger partial charge >= 0.3 is 0 Å². The fraction of sp³-hybridized carbons (Fsp3) is 0.0103. The molecule has 0 fully saturated rings. The maximum Gasteiger partial charge on any atom is 0.257 e. The van der Waals surface area contributed by atoms with Crippen LogP contribution in [0.3, 0.4) is 0 Å². The van der Waals surface area contributed by atoms with E-state index in [-0.39, 0.29) is 33.6 Å². The minimum Gasteiger partial charge on any atom is -0.312 e. The van der Waals surface area contributed by atoms with Crippen molar-refractivity contribution < 1.29 is 1.37 Å². The molecular formula is C97H67B5N6. The molecule has 0 amide bonds. The fourth-order valence-corrected chi connectivity index (χ4v) is 19.8. The molecule has 6 bridgehead atoms. The second-order valence-electron chi connectivity index (χ2n) is 29.3. The van der Waals surface area contributed by atoms with Crippen molar-refractivity contribution in [3.05, 3.63) is 382 Å². The monoisotopic (exact) mass is 1370 g/mol. The zero-order valence-electron chi connectivity index (χ0n) is 60.4. The molecule has 500 valence electrons. The van der Waals surface area contributed by atoms with Crippen LogP contribution in [0.5, 0.6) is 0 Å². The highest BCUT2D eigenvalue weighted by Crippen LogP contribution is 2.52. The average molecular weight is 1370 g/mol.